The molecule has 7 heteroatoms. The highest BCUT2D eigenvalue weighted by atomic mass is 32.1. The molecule has 0 aliphatic carbocycles. The summed E-state index contributed by atoms with van der Waals surface area (Å²) in [5.41, 5.74) is 3.48. The van der Waals surface area contributed by atoms with Gasteiger partial charge in [-0.3, -0.25) is 9.36 Å². The smallest absolute Gasteiger partial charge is 0.275 e. The van der Waals surface area contributed by atoms with Crippen LogP contribution in [0.15, 0.2) is 41.6 Å². The molecule has 0 saturated carbocycles. The van der Waals surface area contributed by atoms with Crippen LogP contribution in [-0.4, -0.2) is 28.2 Å². The molecule has 4 aromatic rings. The van der Waals surface area contributed by atoms with Gasteiger partial charge >= 0.3 is 0 Å². The average Bonchev–Trinajstić information content (AvgIpc) is 3.25. The van der Waals surface area contributed by atoms with Crippen LogP contribution in [0.4, 0.5) is 5.69 Å². The van der Waals surface area contributed by atoms with Crippen LogP contribution in [-0.2, 0) is 6.42 Å². The number of anilines is 1. The first kappa shape index (κ1) is 14.4. The number of fused-ring (bicyclic) bond motifs is 4. The fraction of sp³-hybridized carbons (Fsp3) is 0.167. The predicted molar refractivity (Wildman–Crippen MR) is 99.3 cm³/mol. The monoisotopic (exact) mass is 350 g/mol. The lowest BCUT2D eigenvalue weighted by atomic mass is 10.1. The van der Waals surface area contributed by atoms with Crippen molar-refractivity contribution >= 4 is 37.5 Å². The zero-order chi connectivity index (χ0) is 17.0. The summed E-state index contributed by atoms with van der Waals surface area (Å²) in [6.07, 6.45) is 4.20. The highest BCUT2D eigenvalue weighted by Crippen LogP contribution is 2.34. The number of benzene rings is 1. The summed E-state index contributed by atoms with van der Waals surface area (Å²) in [6, 6.07) is 7.70. The summed E-state index contributed by atoms with van der Waals surface area (Å²) < 4.78 is 7.75. The molecule has 0 fully saturated rings. The van der Waals surface area contributed by atoms with Gasteiger partial charge in [-0.1, -0.05) is 0 Å². The van der Waals surface area contributed by atoms with E-state index in [4.69, 9.17) is 4.74 Å². The largest absolute Gasteiger partial charge is 0.493 e. The normalized spacial score (nSPS) is 13.2. The molecule has 0 atom stereocenters. The number of rotatable bonds is 2. The van der Waals surface area contributed by atoms with Gasteiger partial charge in [-0.05, 0) is 29.8 Å². The molecule has 124 valence electrons. The maximum atomic E-state index is 13.1. The molecule has 1 aromatic carbocycles. The van der Waals surface area contributed by atoms with Gasteiger partial charge in [0.15, 0.2) is 0 Å². The number of hydrogen-bond donors (Lipinski definition) is 1. The summed E-state index contributed by atoms with van der Waals surface area (Å²) in [5, 5.41) is 4.05. The molecule has 6 nitrogen and oxygen atoms in total. The summed E-state index contributed by atoms with van der Waals surface area (Å²) in [4.78, 5) is 22.8. The predicted octanol–water partition coefficient (Wildman–Crippen LogP) is 2.97. The van der Waals surface area contributed by atoms with Crippen molar-refractivity contribution in [1.82, 2.24) is 14.5 Å². The maximum Gasteiger partial charge on any atom is 0.275 e. The van der Waals surface area contributed by atoms with Crippen LogP contribution in [0.2, 0.25) is 0 Å². The Balaban J connectivity index is 1.77. The molecule has 0 unspecified atom stereocenters. The van der Waals surface area contributed by atoms with Crippen molar-refractivity contribution in [2.45, 2.75) is 6.42 Å². The van der Waals surface area contributed by atoms with Crippen molar-refractivity contribution in [3.8, 4) is 11.4 Å². The van der Waals surface area contributed by atoms with Crippen molar-refractivity contribution in [2.75, 3.05) is 19.0 Å². The Morgan fingerprint density at radius 1 is 1.28 bits per heavy atom. The molecule has 5 rings (SSSR count). The van der Waals surface area contributed by atoms with E-state index in [0.717, 1.165) is 39.3 Å². The molecule has 0 bridgehead atoms. The number of nitrogens with one attached hydrogen (secondary N) is 1. The van der Waals surface area contributed by atoms with Crippen molar-refractivity contribution in [3.63, 3.8) is 0 Å². The Labute approximate surface area is 146 Å². The molecule has 0 spiro atoms. The minimum Gasteiger partial charge on any atom is -0.493 e. The fourth-order valence-electron chi connectivity index (χ4n) is 3.27. The first-order valence-corrected chi connectivity index (χ1v) is 8.80. The number of aromatic nitrogens is 3. The van der Waals surface area contributed by atoms with Gasteiger partial charge in [-0.25, -0.2) is 9.97 Å². The van der Waals surface area contributed by atoms with Crippen LogP contribution < -0.4 is 15.6 Å². The summed E-state index contributed by atoms with van der Waals surface area (Å²) in [7, 11) is 1.85. The first-order valence-electron chi connectivity index (χ1n) is 7.99. The average molecular weight is 350 g/mol. The maximum absolute atomic E-state index is 13.1. The summed E-state index contributed by atoms with van der Waals surface area (Å²) >= 11 is 1.38. The Morgan fingerprint density at radius 2 is 2.20 bits per heavy atom. The molecule has 25 heavy (non-hydrogen) atoms. The van der Waals surface area contributed by atoms with Gasteiger partial charge in [0.1, 0.15) is 21.6 Å². The molecule has 0 radical (unpaired) electrons. The van der Waals surface area contributed by atoms with Crippen LogP contribution >= 0.6 is 11.3 Å². The lowest BCUT2D eigenvalue weighted by molar-refractivity contribution is 0.357. The van der Waals surface area contributed by atoms with Gasteiger partial charge in [0.2, 0.25) is 0 Å². The summed E-state index contributed by atoms with van der Waals surface area (Å²) in [6.45, 7) is 0.694. The third kappa shape index (κ3) is 2.05. The van der Waals surface area contributed by atoms with E-state index in [1.54, 1.807) is 17.1 Å². The Kier molecular flexibility index (Phi) is 3.05. The van der Waals surface area contributed by atoms with E-state index in [2.05, 4.69) is 15.3 Å². The number of ether oxygens (including phenoxy) is 1. The van der Waals surface area contributed by atoms with Crippen LogP contribution in [0.5, 0.6) is 5.75 Å². The molecular formula is C18H14N4O2S. The molecule has 1 aliphatic rings. The molecule has 0 amide bonds. The lowest BCUT2D eigenvalue weighted by Crippen LogP contribution is -2.17. The van der Waals surface area contributed by atoms with E-state index in [-0.39, 0.29) is 5.56 Å². The SMILES string of the molecule is CNc1ccnc2sc3c(=O)n(-c4ccc5c(c4)CCO5)cnc3c12. The standard InChI is InChI=1S/C18H14N4O2S/c1-19-12-4-6-20-17-14(12)15-16(25-17)18(23)22(9-21-15)11-2-3-13-10(8-11)5-7-24-13/h2-4,6,8-9H,5,7H2,1H3,(H,19,20). The molecule has 4 heterocycles. The quantitative estimate of drug-likeness (QED) is 0.602. The van der Waals surface area contributed by atoms with Gasteiger partial charge in [0, 0.05) is 25.4 Å². The van der Waals surface area contributed by atoms with Crippen LogP contribution in [0.3, 0.4) is 0 Å². The van der Waals surface area contributed by atoms with E-state index in [1.807, 2.05) is 31.3 Å². The van der Waals surface area contributed by atoms with E-state index in [9.17, 15) is 4.79 Å². The zero-order valence-electron chi connectivity index (χ0n) is 13.4. The van der Waals surface area contributed by atoms with Gasteiger partial charge in [0.05, 0.1) is 23.2 Å². The van der Waals surface area contributed by atoms with Crippen molar-refractivity contribution in [1.29, 1.82) is 0 Å². The highest BCUT2D eigenvalue weighted by Gasteiger charge is 2.17. The van der Waals surface area contributed by atoms with Crippen molar-refractivity contribution < 1.29 is 4.74 Å². The minimum absolute atomic E-state index is 0.0751. The number of hydrogen-bond acceptors (Lipinski definition) is 6. The summed E-state index contributed by atoms with van der Waals surface area (Å²) in [5.74, 6) is 0.899. The van der Waals surface area contributed by atoms with Crippen LogP contribution in [0.25, 0.3) is 26.1 Å². The van der Waals surface area contributed by atoms with Gasteiger partial charge in [-0.15, -0.1) is 11.3 Å². The second-order valence-electron chi connectivity index (χ2n) is 5.88. The Hall–Kier alpha value is -2.93. The minimum atomic E-state index is -0.0751. The Bertz CT molecular complexity index is 1200. The molecule has 0 saturated heterocycles. The number of thiophene rings is 1. The van der Waals surface area contributed by atoms with Gasteiger partial charge < -0.3 is 10.1 Å². The molecule has 1 N–H and O–H groups in total. The third-order valence-corrected chi connectivity index (χ3v) is 5.58. The highest BCUT2D eigenvalue weighted by molar-refractivity contribution is 7.25. The third-order valence-electron chi connectivity index (χ3n) is 4.50. The van der Waals surface area contributed by atoms with Crippen molar-refractivity contribution in [2.24, 2.45) is 0 Å². The molecule has 1 aliphatic heterocycles. The van der Waals surface area contributed by atoms with E-state index in [1.165, 1.54) is 11.3 Å². The Morgan fingerprint density at radius 3 is 3.08 bits per heavy atom. The van der Waals surface area contributed by atoms with Gasteiger partial charge in [0.25, 0.3) is 5.56 Å². The zero-order valence-corrected chi connectivity index (χ0v) is 14.3. The van der Waals surface area contributed by atoms with E-state index < -0.39 is 0 Å². The van der Waals surface area contributed by atoms with Crippen LogP contribution in [0, 0.1) is 0 Å². The lowest BCUT2D eigenvalue weighted by Gasteiger charge is -2.07. The molecule has 3 aromatic heterocycles. The number of pyridine rings is 1. The topological polar surface area (TPSA) is 69.0 Å². The van der Waals surface area contributed by atoms with E-state index >= 15 is 0 Å². The second-order valence-corrected chi connectivity index (χ2v) is 6.88. The molecular weight excluding hydrogens is 336 g/mol. The van der Waals surface area contributed by atoms with Crippen molar-refractivity contribution in [3.05, 3.63) is 52.7 Å². The van der Waals surface area contributed by atoms with E-state index in [0.29, 0.717) is 16.8 Å². The first-order chi connectivity index (χ1) is 12.3. The van der Waals surface area contributed by atoms with Crippen LogP contribution in [0.1, 0.15) is 5.56 Å². The fourth-order valence-corrected chi connectivity index (χ4v) is 4.32. The van der Waals surface area contributed by atoms with Gasteiger partial charge in [-0.2, -0.15) is 0 Å². The number of nitrogens with zero attached hydrogens (tertiary/aromatic N) is 3. The second kappa shape index (κ2) is 5.29.